The van der Waals surface area contributed by atoms with Crippen LogP contribution in [-0.2, 0) is 9.53 Å². The highest BCUT2D eigenvalue weighted by molar-refractivity contribution is 5.82. The zero-order valence-electron chi connectivity index (χ0n) is 9.25. The molecule has 0 aromatic rings. The average Bonchev–Trinajstić information content (AvgIpc) is 2.77. The number of rotatable bonds is 3. The summed E-state index contributed by atoms with van der Waals surface area (Å²) < 4.78 is 5.14. The largest absolute Gasteiger partial charge is 0.384 e. The summed E-state index contributed by atoms with van der Waals surface area (Å²) in [6, 6.07) is 0. The summed E-state index contributed by atoms with van der Waals surface area (Å²) in [5.41, 5.74) is 0.211. The van der Waals surface area contributed by atoms with Crippen LogP contribution in [0.4, 0.5) is 0 Å². The van der Waals surface area contributed by atoms with Gasteiger partial charge >= 0.3 is 0 Å². The topological polar surface area (TPSA) is 29.5 Å². The van der Waals surface area contributed by atoms with Crippen LogP contribution in [0, 0.1) is 17.3 Å². The number of likely N-dealkylation sites (tertiary alicyclic amines) is 1. The summed E-state index contributed by atoms with van der Waals surface area (Å²) in [6.07, 6.45) is 1.09. The van der Waals surface area contributed by atoms with E-state index in [1.54, 1.807) is 7.11 Å². The molecule has 1 saturated carbocycles. The lowest BCUT2D eigenvalue weighted by molar-refractivity contribution is -0.147. The van der Waals surface area contributed by atoms with Crippen LogP contribution in [0.3, 0.4) is 0 Å². The van der Waals surface area contributed by atoms with Crippen LogP contribution in [0.5, 0.6) is 0 Å². The van der Waals surface area contributed by atoms with Crippen LogP contribution in [-0.4, -0.2) is 37.6 Å². The first-order valence-corrected chi connectivity index (χ1v) is 5.33. The molecule has 1 heterocycles. The quantitative estimate of drug-likeness (QED) is 0.679. The van der Waals surface area contributed by atoms with E-state index in [9.17, 15) is 4.79 Å². The summed E-state index contributed by atoms with van der Waals surface area (Å²) in [5.74, 6) is 1.32. The average molecular weight is 197 g/mol. The summed E-state index contributed by atoms with van der Waals surface area (Å²) in [6.45, 7) is 6.84. The number of hydrogen-bond donors (Lipinski definition) is 0. The maximum Gasteiger partial charge on any atom is 0.226 e. The highest BCUT2D eigenvalue weighted by atomic mass is 16.5. The lowest BCUT2D eigenvalue weighted by atomic mass is 9.82. The van der Waals surface area contributed by atoms with Crippen molar-refractivity contribution in [2.45, 2.75) is 20.3 Å². The molecule has 80 valence electrons. The molecule has 1 amide bonds. The van der Waals surface area contributed by atoms with Crippen molar-refractivity contribution in [2.75, 3.05) is 26.8 Å². The van der Waals surface area contributed by atoms with Gasteiger partial charge in [-0.05, 0) is 12.3 Å². The lowest BCUT2D eigenvalue weighted by Crippen LogP contribution is -2.59. The number of ether oxygens (including phenoxy) is 1. The van der Waals surface area contributed by atoms with Crippen molar-refractivity contribution in [3.8, 4) is 0 Å². The minimum atomic E-state index is 0.211. The van der Waals surface area contributed by atoms with E-state index in [1.807, 2.05) is 4.90 Å². The smallest absolute Gasteiger partial charge is 0.226 e. The van der Waals surface area contributed by atoms with E-state index < -0.39 is 0 Å². The third-order valence-electron chi connectivity index (χ3n) is 3.38. The van der Waals surface area contributed by atoms with Gasteiger partial charge in [-0.1, -0.05) is 13.8 Å². The molecule has 2 aliphatic rings. The van der Waals surface area contributed by atoms with Crippen molar-refractivity contribution in [1.82, 2.24) is 4.90 Å². The molecule has 0 spiro atoms. The van der Waals surface area contributed by atoms with Crippen molar-refractivity contribution < 1.29 is 9.53 Å². The number of methoxy groups -OCH3 is 1. The van der Waals surface area contributed by atoms with Crippen molar-refractivity contribution in [1.29, 1.82) is 0 Å². The second-order valence-corrected chi connectivity index (χ2v) is 5.26. The molecule has 3 heteroatoms. The van der Waals surface area contributed by atoms with Crippen LogP contribution in [0.1, 0.15) is 20.3 Å². The summed E-state index contributed by atoms with van der Waals surface area (Å²) >= 11 is 0. The van der Waals surface area contributed by atoms with Gasteiger partial charge in [0.05, 0.1) is 6.61 Å². The molecular weight excluding hydrogens is 178 g/mol. The molecule has 1 aliphatic heterocycles. The van der Waals surface area contributed by atoms with E-state index in [1.165, 1.54) is 0 Å². The second-order valence-electron chi connectivity index (χ2n) is 5.26. The number of carbonyl (C=O) groups is 1. The lowest BCUT2D eigenvalue weighted by Gasteiger charge is -2.47. The molecule has 1 saturated heterocycles. The zero-order valence-corrected chi connectivity index (χ0v) is 9.25. The summed E-state index contributed by atoms with van der Waals surface area (Å²) in [5, 5.41) is 0. The van der Waals surface area contributed by atoms with Crippen LogP contribution in [0.25, 0.3) is 0 Å². The summed E-state index contributed by atoms with van der Waals surface area (Å²) in [7, 11) is 1.72. The predicted molar refractivity (Wildman–Crippen MR) is 53.8 cm³/mol. The molecule has 2 rings (SSSR count). The molecule has 2 atom stereocenters. The fourth-order valence-corrected chi connectivity index (χ4v) is 2.37. The Morgan fingerprint density at radius 2 is 2.14 bits per heavy atom. The number of amides is 1. The fraction of sp³-hybridized carbons (Fsp3) is 0.909. The minimum Gasteiger partial charge on any atom is -0.384 e. The van der Waals surface area contributed by atoms with Crippen molar-refractivity contribution in [3.05, 3.63) is 0 Å². The Morgan fingerprint density at radius 1 is 1.57 bits per heavy atom. The Balaban J connectivity index is 1.79. The first kappa shape index (κ1) is 9.97. The van der Waals surface area contributed by atoms with Gasteiger partial charge in [0.2, 0.25) is 5.91 Å². The molecule has 0 unspecified atom stereocenters. The van der Waals surface area contributed by atoms with E-state index >= 15 is 0 Å². The first-order valence-electron chi connectivity index (χ1n) is 5.33. The van der Waals surface area contributed by atoms with Crippen molar-refractivity contribution in [2.24, 2.45) is 17.3 Å². The van der Waals surface area contributed by atoms with Crippen LogP contribution >= 0.6 is 0 Å². The molecule has 0 aromatic carbocycles. The van der Waals surface area contributed by atoms with Crippen LogP contribution in [0.15, 0.2) is 0 Å². The van der Waals surface area contributed by atoms with Gasteiger partial charge in [-0.2, -0.15) is 0 Å². The maximum absolute atomic E-state index is 11.8. The Bertz CT molecular complexity index is 246. The fourth-order valence-electron chi connectivity index (χ4n) is 2.37. The minimum absolute atomic E-state index is 0.211. The first-order chi connectivity index (χ1) is 6.56. The maximum atomic E-state index is 11.8. The number of carbonyl (C=O) groups excluding carboxylic acids is 1. The Kier molecular flexibility index (Phi) is 2.30. The standard InChI is InChI=1S/C11H19NO2/c1-8-4-9(8)10(13)12-5-11(2,6-12)7-14-3/h8-9H,4-7H2,1-3H3/t8-,9-/m1/s1. The molecule has 3 nitrogen and oxygen atoms in total. The molecule has 1 aliphatic carbocycles. The third-order valence-corrected chi connectivity index (χ3v) is 3.38. The number of hydrogen-bond acceptors (Lipinski definition) is 2. The molecule has 0 aromatic heterocycles. The van der Waals surface area contributed by atoms with E-state index in [-0.39, 0.29) is 5.41 Å². The van der Waals surface area contributed by atoms with Gasteiger partial charge in [-0.15, -0.1) is 0 Å². The van der Waals surface area contributed by atoms with E-state index in [4.69, 9.17) is 4.74 Å². The van der Waals surface area contributed by atoms with E-state index in [2.05, 4.69) is 13.8 Å². The highest BCUT2D eigenvalue weighted by Crippen LogP contribution is 2.42. The van der Waals surface area contributed by atoms with Crippen LogP contribution in [0.2, 0.25) is 0 Å². The van der Waals surface area contributed by atoms with Crippen LogP contribution < -0.4 is 0 Å². The van der Waals surface area contributed by atoms with Gasteiger partial charge in [0, 0.05) is 31.5 Å². The highest BCUT2D eigenvalue weighted by Gasteiger charge is 2.48. The summed E-state index contributed by atoms with van der Waals surface area (Å²) in [4.78, 5) is 13.8. The monoisotopic (exact) mass is 197 g/mol. The Hall–Kier alpha value is -0.570. The van der Waals surface area contributed by atoms with Gasteiger partial charge in [0.1, 0.15) is 0 Å². The van der Waals surface area contributed by atoms with Crippen molar-refractivity contribution >= 4 is 5.91 Å². The van der Waals surface area contributed by atoms with Gasteiger partial charge in [-0.25, -0.2) is 0 Å². The third kappa shape index (κ3) is 1.65. The normalized spacial score (nSPS) is 33.8. The SMILES string of the molecule is COCC1(C)CN(C(=O)[C@@H]2C[C@H]2C)C1. The Morgan fingerprint density at radius 3 is 2.57 bits per heavy atom. The van der Waals surface area contributed by atoms with Gasteiger partial charge in [-0.3, -0.25) is 4.79 Å². The molecule has 0 radical (unpaired) electrons. The molecule has 0 bridgehead atoms. The molecular formula is C11H19NO2. The van der Waals surface area contributed by atoms with E-state index in [0.29, 0.717) is 17.7 Å². The van der Waals surface area contributed by atoms with Gasteiger partial charge < -0.3 is 9.64 Å². The van der Waals surface area contributed by atoms with Gasteiger partial charge in [0.25, 0.3) is 0 Å². The van der Waals surface area contributed by atoms with Crippen molar-refractivity contribution in [3.63, 3.8) is 0 Å². The second kappa shape index (κ2) is 3.23. The molecule has 14 heavy (non-hydrogen) atoms. The Labute approximate surface area is 85.4 Å². The molecule has 2 fully saturated rings. The predicted octanol–water partition coefficient (Wildman–Crippen LogP) is 1.14. The van der Waals surface area contributed by atoms with E-state index in [0.717, 1.165) is 26.1 Å². The van der Waals surface area contributed by atoms with Gasteiger partial charge in [0.15, 0.2) is 0 Å². The zero-order chi connectivity index (χ0) is 10.3. The number of nitrogens with zero attached hydrogens (tertiary/aromatic N) is 1. The molecule has 0 N–H and O–H groups in total.